The quantitative estimate of drug-likeness (QED) is 0.559. The molecule has 7 nitrogen and oxygen atoms in total. The first-order chi connectivity index (χ1) is 12.8. The molecule has 27 heavy (non-hydrogen) atoms. The molecule has 4 atom stereocenters. The number of hydrogen-bond donors (Lipinski definition) is 4. The van der Waals surface area contributed by atoms with Gasteiger partial charge in [-0.2, -0.15) is 0 Å². The van der Waals surface area contributed by atoms with E-state index < -0.39 is 30.5 Å². The predicted molar refractivity (Wildman–Crippen MR) is 102 cm³/mol. The molecule has 1 amide bonds. The highest BCUT2D eigenvalue weighted by Crippen LogP contribution is 2.28. The van der Waals surface area contributed by atoms with Crippen molar-refractivity contribution in [3.05, 3.63) is 57.5 Å². The zero-order valence-electron chi connectivity index (χ0n) is 13.9. The minimum Gasteiger partial charge on any atom is -0.461 e. The Bertz CT molecular complexity index is 818. The van der Waals surface area contributed by atoms with Crippen molar-refractivity contribution in [2.75, 3.05) is 11.9 Å². The molecule has 0 bridgehead atoms. The molecule has 0 saturated carbocycles. The number of anilines is 1. The third-order valence-electron chi connectivity index (χ3n) is 3.99. The van der Waals surface area contributed by atoms with Gasteiger partial charge in [0.1, 0.15) is 24.1 Å². The van der Waals surface area contributed by atoms with Gasteiger partial charge in [-0.3, -0.25) is 4.79 Å². The molecule has 0 unspecified atom stereocenters. The summed E-state index contributed by atoms with van der Waals surface area (Å²) >= 11 is 9.15. The fraction of sp³-hybridized carbons (Fsp3) is 0.278. The molecule has 3 rings (SSSR count). The molecule has 1 fully saturated rings. The molecule has 1 aliphatic rings. The molecule has 4 N–H and O–H groups in total. The molecule has 0 aromatic heterocycles. The third kappa shape index (κ3) is 4.78. The molecule has 144 valence electrons. The fourth-order valence-corrected chi connectivity index (χ4v) is 3.01. The Morgan fingerprint density at radius 1 is 1.15 bits per heavy atom. The first kappa shape index (κ1) is 20.1. The number of aliphatic hydroxyl groups excluding tert-OH is 3. The summed E-state index contributed by atoms with van der Waals surface area (Å²) < 4.78 is 11.5. The van der Waals surface area contributed by atoms with Gasteiger partial charge in [0.15, 0.2) is 0 Å². The van der Waals surface area contributed by atoms with Crippen LogP contribution < -0.4 is 10.1 Å². The number of hydrogen-bond acceptors (Lipinski definition) is 6. The van der Waals surface area contributed by atoms with Crippen LogP contribution in [0.5, 0.6) is 5.75 Å². The smallest absolute Gasteiger partial charge is 0.259 e. The van der Waals surface area contributed by atoms with Crippen molar-refractivity contribution < 1.29 is 29.6 Å². The lowest BCUT2D eigenvalue weighted by molar-refractivity contribution is -0.242. The summed E-state index contributed by atoms with van der Waals surface area (Å²) in [4.78, 5) is 12.7. The van der Waals surface area contributed by atoms with Crippen LogP contribution >= 0.6 is 27.5 Å². The number of benzene rings is 2. The van der Waals surface area contributed by atoms with Crippen molar-refractivity contribution in [2.45, 2.75) is 24.6 Å². The zero-order chi connectivity index (χ0) is 19.6. The minimum atomic E-state index is -1.47. The Morgan fingerprint density at radius 2 is 1.85 bits per heavy atom. The van der Waals surface area contributed by atoms with Crippen LogP contribution in [-0.2, 0) is 4.74 Å². The fourth-order valence-electron chi connectivity index (χ4n) is 2.52. The molecular formula is C18H17BrClNO6. The van der Waals surface area contributed by atoms with Gasteiger partial charge < -0.3 is 30.1 Å². The molecule has 1 saturated heterocycles. The predicted octanol–water partition coefficient (Wildman–Crippen LogP) is 2.17. The van der Waals surface area contributed by atoms with Crippen molar-refractivity contribution in [2.24, 2.45) is 0 Å². The lowest BCUT2D eigenvalue weighted by Gasteiger charge is -2.35. The van der Waals surface area contributed by atoms with Gasteiger partial charge in [-0.1, -0.05) is 27.5 Å². The second-order valence-corrected chi connectivity index (χ2v) is 7.32. The summed E-state index contributed by atoms with van der Waals surface area (Å²) in [5.74, 6) is -0.295. The molecule has 9 heteroatoms. The molecule has 1 heterocycles. The number of amides is 1. The summed E-state index contributed by atoms with van der Waals surface area (Å²) in [6.45, 7) is -0.203. The SMILES string of the molecule is O=C(Nc1ccc(Cl)cc1)c1cc(Br)ccc1O[C@H]1OC[C@@H](O)[C@H](O)[C@H]1O. The van der Waals surface area contributed by atoms with E-state index in [1.807, 2.05) is 0 Å². The largest absolute Gasteiger partial charge is 0.461 e. The Balaban J connectivity index is 1.80. The van der Waals surface area contributed by atoms with Crippen LogP contribution in [0.15, 0.2) is 46.9 Å². The topological polar surface area (TPSA) is 108 Å². The van der Waals surface area contributed by atoms with Crippen molar-refractivity contribution in [1.82, 2.24) is 0 Å². The van der Waals surface area contributed by atoms with Crippen molar-refractivity contribution >= 4 is 39.1 Å². The minimum absolute atomic E-state index is 0.150. The zero-order valence-corrected chi connectivity index (χ0v) is 16.2. The molecule has 0 radical (unpaired) electrons. The lowest BCUT2D eigenvalue weighted by Crippen LogP contribution is -2.54. The molecular weight excluding hydrogens is 442 g/mol. The van der Waals surface area contributed by atoms with Crippen LogP contribution in [0, 0.1) is 0 Å². The van der Waals surface area contributed by atoms with Gasteiger partial charge in [0.2, 0.25) is 6.29 Å². The van der Waals surface area contributed by atoms with Crippen LogP contribution in [0.2, 0.25) is 5.02 Å². The van der Waals surface area contributed by atoms with E-state index in [0.29, 0.717) is 15.2 Å². The average molecular weight is 459 g/mol. The van der Waals surface area contributed by atoms with E-state index in [9.17, 15) is 20.1 Å². The van der Waals surface area contributed by atoms with Crippen LogP contribution in [0.25, 0.3) is 0 Å². The van der Waals surface area contributed by atoms with Crippen LogP contribution in [-0.4, -0.2) is 52.4 Å². The maximum absolute atomic E-state index is 12.7. The van der Waals surface area contributed by atoms with Crippen molar-refractivity contribution in [3.63, 3.8) is 0 Å². The number of nitrogens with one attached hydrogen (secondary N) is 1. The maximum atomic E-state index is 12.7. The second kappa shape index (κ2) is 8.55. The highest BCUT2D eigenvalue weighted by atomic mass is 79.9. The number of carbonyl (C=O) groups is 1. The van der Waals surface area contributed by atoms with Gasteiger partial charge in [0.05, 0.1) is 12.2 Å². The van der Waals surface area contributed by atoms with E-state index in [2.05, 4.69) is 21.2 Å². The standard InChI is InChI=1S/C18H17BrClNO6/c19-9-1-6-14(27-18-16(24)15(23)13(22)8-26-18)12(7-9)17(25)21-11-4-2-10(20)3-5-11/h1-7,13,15-16,18,22-24H,8H2,(H,21,25)/t13-,15+,16-,18-/m1/s1. The van der Waals surface area contributed by atoms with E-state index in [0.717, 1.165) is 0 Å². The van der Waals surface area contributed by atoms with E-state index in [4.69, 9.17) is 21.1 Å². The summed E-state index contributed by atoms with van der Waals surface area (Å²) in [5.41, 5.74) is 0.735. The van der Waals surface area contributed by atoms with E-state index in [1.165, 1.54) is 6.07 Å². The first-order valence-electron chi connectivity index (χ1n) is 8.04. The Labute approximate surface area is 168 Å². The lowest BCUT2D eigenvalue weighted by atomic mass is 10.1. The number of rotatable bonds is 4. The van der Waals surface area contributed by atoms with Gasteiger partial charge in [0, 0.05) is 15.2 Å². The number of ether oxygens (including phenoxy) is 2. The molecule has 0 spiro atoms. The molecule has 1 aliphatic heterocycles. The number of aliphatic hydroxyl groups is 3. The van der Waals surface area contributed by atoms with Gasteiger partial charge in [0.25, 0.3) is 5.91 Å². The summed E-state index contributed by atoms with van der Waals surface area (Å²) in [7, 11) is 0. The number of halogens is 2. The van der Waals surface area contributed by atoms with Gasteiger partial charge in [-0.25, -0.2) is 0 Å². The Morgan fingerprint density at radius 3 is 2.56 bits per heavy atom. The van der Waals surface area contributed by atoms with Crippen LogP contribution in [0.3, 0.4) is 0 Å². The van der Waals surface area contributed by atoms with Crippen molar-refractivity contribution in [3.8, 4) is 5.75 Å². The monoisotopic (exact) mass is 457 g/mol. The average Bonchev–Trinajstić information content (AvgIpc) is 2.65. The van der Waals surface area contributed by atoms with E-state index in [1.54, 1.807) is 36.4 Å². The van der Waals surface area contributed by atoms with Crippen LogP contribution in [0.1, 0.15) is 10.4 Å². The number of carbonyl (C=O) groups excluding carboxylic acids is 1. The summed E-state index contributed by atoms with van der Waals surface area (Å²) in [5, 5.41) is 32.6. The highest BCUT2D eigenvalue weighted by molar-refractivity contribution is 9.10. The Hall–Kier alpha value is -1.68. The second-order valence-electron chi connectivity index (χ2n) is 5.97. The van der Waals surface area contributed by atoms with E-state index >= 15 is 0 Å². The van der Waals surface area contributed by atoms with Crippen LogP contribution in [0.4, 0.5) is 5.69 Å². The molecule has 0 aliphatic carbocycles. The Kier molecular flexibility index (Phi) is 6.36. The van der Waals surface area contributed by atoms with Gasteiger partial charge in [-0.05, 0) is 42.5 Å². The summed E-state index contributed by atoms with van der Waals surface area (Å²) in [6, 6.07) is 11.4. The van der Waals surface area contributed by atoms with Gasteiger partial charge in [-0.15, -0.1) is 0 Å². The third-order valence-corrected chi connectivity index (χ3v) is 4.73. The normalized spacial score (nSPS) is 25.1. The first-order valence-corrected chi connectivity index (χ1v) is 9.21. The highest BCUT2D eigenvalue weighted by Gasteiger charge is 2.39. The maximum Gasteiger partial charge on any atom is 0.259 e. The van der Waals surface area contributed by atoms with Crippen molar-refractivity contribution in [1.29, 1.82) is 0 Å². The summed E-state index contributed by atoms with van der Waals surface area (Å²) in [6.07, 6.45) is -5.32. The van der Waals surface area contributed by atoms with E-state index in [-0.39, 0.29) is 17.9 Å². The molecule has 2 aromatic rings. The molecule has 2 aromatic carbocycles. The van der Waals surface area contributed by atoms with Gasteiger partial charge >= 0.3 is 0 Å².